The molecule has 0 aromatic heterocycles. The minimum atomic E-state index is -0.501. The van der Waals surface area contributed by atoms with Gasteiger partial charge in [-0.05, 0) is 12.8 Å². The summed E-state index contributed by atoms with van der Waals surface area (Å²) in [6, 6.07) is 0. The number of hydrogen-bond donors (Lipinski definition) is 1. The second-order valence-electron chi connectivity index (χ2n) is 3.50. The summed E-state index contributed by atoms with van der Waals surface area (Å²) in [5.41, 5.74) is 5.05. The van der Waals surface area contributed by atoms with Gasteiger partial charge in [-0.3, -0.25) is 4.79 Å². The summed E-state index contributed by atoms with van der Waals surface area (Å²) in [4.78, 5) is 13.6. The van der Waals surface area contributed by atoms with E-state index in [9.17, 15) is 4.79 Å². The van der Waals surface area contributed by atoms with Gasteiger partial charge >= 0.3 is 0 Å². The minimum Gasteiger partial charge on any atom is -0.392 e. The van der Waals surface area contributed by atoms with Crippen LogP contribution in [0.1, 0.15) is 19.3 Å². The van der Waals surface area contributed by atoms with Crippen molar-refractivity contribution < 1.29 is 4.79 Å². The van der Waals surface area contributed by atoms with Crippen LogP contribution >= 0.6 is 12.2 Å². The van der Waals surface area contributed by atoms with Gasteiger partial charge in [-0.2, -0.15) is 0 Å². The van der Waals surface area contributed by atoms with Crippen LogP contribution in [0.25, 0.3) is 0 Å². The Hall–Kier alpha value is -0.640. The lowest BCUT2D eigenvalue weighted by Crippen LogP contribution is -2.52. The van der Waals surface area contributed by atoms with E-state index in [1.165, 1.54) is 0 Å². The highest BCUT2D eigenvalue weighted by Crippen LogP contribution is 2.42. The van der Waals surface area contributed by atoms with E-state index in [4.69, 9.17) is 18.0 Å². The van der Waals surface area contributed by atoms with Crippen LogP contribution < -0.4 is 5.73 Å². The predicted octanol–water partition coefficient (Wildman–Crippen LogP) is 0.531. The molecule has 0 atom stereocenters. The maximum absolute atomic E-state index is 11.6. The Bertz CT molecular complexity index is 221. The molecule has 1 aliphatic carbocycles. The third-order valence-electron chi connectivity index (χ3n) is 2.49. The molecular weight excluding hydrogens is 172 g/mol. The number of carbonyl (C=O) groups excluding carboxylic acids is 1. The van der Waals surface area contributed by atoms with Gasteiger partial charge in [0.2, 0.25) is 5.91 Å². The first-order valence-electron chi connectivity index (χ1n) is 4.02. The topological polar surface area (TPSA) is 46.3 Å². The second kappa shape index (κ2) is 3.01. The summed E-state index contributed by atoms with van der Waals surface area (Å²) < 4.78 is 0. The molecule has 12 heavy (non-hydrogen) atoms. The molecule has 0 saturated heterocycles. The third kappa shape index (κ3) is 1.20. The molecule has 2 N–H and O–H groups in total. The molecule has 0 aromatic rings. The molecule has 0 aliphatic heterocycles. The van der Waals surface area contributed by atoms with Crippen LogP contribution in [0.4, 0.5) is 0 Å². The third-order valence-corrected chi connectivity index (χ3v) is 2.89. The fraction of sp³-hybridized carbons (Fsp3) is 0.750. The van der Waals surface area contributed by atoms with Crippen LogP contribution in [0.2, 0.25) is 0 Å². The van der Waals surface area contributed by atoms with Gasteiger partial charge in [0.05, 0.1) is 10.4 Å². The standard InChI is InChI=1S/C8H14N2OS/c1-10(2)7(11)8(6(9)12)4-3-5-8/h3-5H2,1-2H3,(H2,9,12). The summed E-state index contributed by atoms with van der Waals surface area (Å²) in [5, 5.41) is 0. The molecular formula is C8H14N2OS. The first-order valence-corrected chi connectivity index (χ1v) is 4.43. The lowest BCUT2D eigenvalue weighted by Gasteiger charge is -2.40. The largest absolute Gasteiger partial charge is 0.392 e. The fourth-order valence-electron chi connectivity index (χ4n) is 1.52. The molecule has 3 nitrogen and oxygen atoms in total. The van der Waals surface area contributed by atoms with E-state index < -0.39 is 5.41 Å². The molecule has 0 spiro atoms. The van der Waals surface area contributed by atoms with Crippen LogP contribution in [0.5, 0.6) is 0 Å². The molecule has 1 saturated carbocycles. The van der Waals surface area contributed by atoms with Crippen molar-refractivity contribution >= 4 is 23.1 Å². The van der Waals surface area contributed by atoms with Gasteiger partial charge in [-0.25, -0.2) is 0 Å². The van der Waals surface area contributed by atoms with Crippen LogP contribution in [-0.2, 0) is 4.79 Å². The van der Waals surface area contributed by atoms with E-state index in [0.717, 1.165) is 19.3 Å². The van der Waals surface area contributed by atoms with Gasteiger partial charge < -0.3 is 10.6 Å². The summed E-state index contributed by atoms with van der Waals surface area (Å²) >= 11 is 4.91. The zero-order chi connectivity index (χ0) is 9.35. The Morgan fingerprint density at radius 1 is 1.50 bits per heavy atom. The Labute approximate surface area is 77.9 Å². The average Bonchev–Trinajstić information content (AvgIpc) is 1.83. The number of amides is 1. The molecule has 1 rings (SSSR count). The van der Waals surface area contributed by atoms with Crippen LogP contribution in [0, 0.1) is 5.41 Å². The smallest absolute Gasteiger partial charge is 0.235 e. The van der Waals surface area contributed by atoms with Gasteiger partial charge in [0.1, 0.15) is 0 Å². The predicted molar refractivity (Wildman–Crippen MR) is 51.8 cm³/mol. The van der Waals surface area contributed by atoms with Crippen molar-refractivity contribution in [3.63, 3.8) is 0 Å². The Morgan fingerprint density at radius 2 is 2.00 bits per heavy atom. The zero-order valence-electron chi connectivity index (χ0n) is 7.46. The first kappa shape index (κ1) is 9.45. The summed E-state index contributed by atoms with van der Waals surface area (Å²) in [5.74, 6) is 0.0567. The average molecular weight is 186 g/mol. The van der Waals surface area contributed by atoms with E-state index in [1.807, 2.05) is 0 Å². The van der Waals surface area contributed by atoms with E-state index in [0.29, 0.717) is 4.99 Å². The van der Waals surface area contributed by atoms with Gasteiger partial charge in [-0.15, -0.1) is 0 Å². The highest BCUT2D eigenvalue weighted by Gasteiger charge is 2.47. The summed E-state index contributed by atoms with van der Waals surface area (Å²) in [7, 11) is 3.47. The van der Waals surface area contributed by atoms with Gasteiger partial charge in [0.25, 0.3) is 0 Å². The van der Waals surface area contributed by atoms with Gasteiger partial charge in [-0.1, -0.05) is 18.6 Å². The summed E-state index contributed by atoms with van der Waals surface area (Å²) in [6.45, 7) is 0. The number of hydrogen-bond acceptors (Lipinski definition) is 2. The number of rotatable bonds is 2. The molecule has 0 bridgehead atoms. The van der Waals surface area contributed by atoms with Crippen molar-refractivity contribution in [1.29, 1.82) is 0 Å². The molecule has 0 radical (unpaired) electrons. The molecule has 68 valence electrons. The van der Waals surface area contributed by atoms with E-state index in [2.05, 4.69) is 0 Å². The second-order valence-corrected chi connectivity index (χ2v) is 3.94. The molecule has 0 unspecified atom stereocenters. The van der Waals surface area contributed by atoms with Crippen molar-refractivity contribution in [2.75, 3.05) is 14.1 Å². The monoisotopic (exact) mass is 186 g/mol. The SMILES string of the molecule is CN(C)C(=O)C1(C(N)=S)CCC1. The highest BCUT2D eigenvalue weighted by molar-refractivity contribution is 7.80. The highest BCUT2D eigenvalue weighted by atomic mass is 32.1. The molecule has 0 aromatic carbocycles. The molecule has 1 fully saturated rings. The van der Waals surface area contributed by atoms with E-state index in [-0.39, 0.29) is 5.91 Å². The first-order chi connectivity index (χ1) is 5.50. The molecule has 4 heteroatoms. The van der Waals surface area contributed by atoms with E-state index >= 15 is 0 Å². The van der Waals surface area contributed by atoms with Crippen LogP contribution in [-0.4, -0.2) is 29.9 Å². The number of nitrogens with zero attached hydrogens (tertiary/aromatic N) is 1. The fourth-order valence-corrected chi connectivity index (χ4v) is 1.82. The minimum absolute atomic E-state index is 0.0567. The Kier molecular flexibility index (Phi) is 2.37. The normalized spacial score (nSPS) is 19.5. The van der Waals surface area contributed by atoms with E-state index in [1.54, 1.807) is 19.0 Å². The van der Waals surface area contributed by atoms with Crippen molar-refractivity contribution in [3.05, 3.63) is 0 Å². The lowest BCUT2D eigenvalue weighted by atomic mass is 9.68. The number of carbonyl (C=O) groups is 1. The molecule has 1 amide bonds. The van der Waals surface area contributed by atoms with Gasteiger partial charge in [0, 0.05) is 14.1 Å². The van der Waals surface area contributed by atoms with Crippen molar-refractivity contribution in [1.82, 2.24) is 4.90 Å². The number of thiocarbonyl (C=S) groups is 1. The van der Waals surface area contributed by atoms with Gasteiger partial charge in [0.15, 0.2) is 0 Å². The maximum atomic E-state index is 11.6. The zero-order valence-corrected chi connectivity index (χ0v) is 8.28. The van der Waals surface area contributed by atoms with Crippen molar-refractivity contribution in [3.8, 4) is 0 Å². The van der Waals surface area contributed by atoms with Crippen LogP contribution in [0.15, 0.2) is 0 Å². The molecule has 1 aliphatic rings. The summed E-state index contributed by atoms with van der Waals surface area (Å²) in [6.07, 6.45) is 2.69. The quantitative estimate of drug-likeness (QED) is 0.640. The maximum Gasteiger partial charge on any atom is 0.235 e. The lowest BCUT2D eigenvalue weighted by molar-refractivity contribution is -0.139. The number of nitrogens with two attached hydrogens (primary N) is 1. The van der Waals surface area contributed by atoms with Crippen molar-refractivity contribution in [2.24, 2.45) is 11.1 Å². The Morgan fingerprint density at radius 3 is 2.08 bits per heavy atom. The van der Waals surface area contributed by atoms with Crippen LogP contribution in [0.3, 0.4) is 0 Å². The van der Waals surface area contributed by atoms with Crippen molar-refractivity contribution in [2.45, 2.75) is 19.3 Å². The molecule has 0 heterocycles. The Balaban J connectivity index is 2.81.